The Labute approximate surface area is 113 Å². The van der Waals surface area contributed by atoms with Gasteiger partial charge in [-0.25, -0.2) is 0 Å². The summed E-state index contributed by atoms with van der Waals surface area (Å²) in [7, 11) is 0. The Balaban J connectivity index is 2.55. The van der Waals surface area contributed by atoms with Gasteiger partial charge in [-0.2, -0.15) is 13.2 Å². The van der Waals surface area contributed by atoms with Gasteiger partial charge in [-0.3, -0.25) is 9.78 Å². The quantitative estimate of drug-likeness (QED) is 0.936. The Hall–Kier alpha value is -2.11. The number of alkyl halides is 3. The Morgan fingerprint density at radius 1 is 1.35 bits per heavy atom. The number of benzene rings is 1. The lowest BCUT2D eigenvalue weighted by Crippen LogP contribution is -2.07. The van der Waals surface area contributed by atoms with E-state index in [9.17, 15) is 18.0 Å². The molecule has 0 atom stereocenters. The summed E-state index contributed by atoms with van der Waals surface area (Å²) in [4.78, 5) is 14.6. The first-order chi connectivity index (χ1) is 9.29. The summed E-state index contributed by atoms with van der Waals surface area (Å²) >= 11 is 0. The number of halogens is 3. The second-order valence-corrected chi connectivity index (χ2v) is 4.52. The maximum atomic E-state index is 12.9. The average molecular weight is 283 g/mol. The maximum Gasteiger partial charge on any atom is 0.417 e. The average Bonchev–Trinajstić information content (AvgIpc) is 2.34. The fraction of sp³-hybridized carbons (Fsp3) is 0.286. The Morgan fingerprint density at radius 3 is 2.65 bits per heavy atom. The van der Waals surface area contributed by atoms with Crippen LogP contribution in [0.2, 0.25) is 0 Å². The number of fused-ring (bicyclic) bond motifs is 1. The van der Waals surface area contributed by atoms with Gasteiger partial charge < -0.3 is 5.11 Å². The minimum atomic E-state index is -4.44. The van der Waals surface area contributed by atoms with Crippen LogP contribution in [0.3, 0.4) is 0 Å². The summed E-state index contributed by atoms with van der Waals surface area (Å²) in [6.45, 7) is 1.57. The van der Waals surface area contributed by atoms with Crippen LogP contribution in [0, 0.1) is 6.92 Å². The zero-order valence-corrected chi connectivity index (χ0v) is 10.7. The molecule has 0 radical (unpaired) electrons. The molecule has 2 aromatic rings. The van der Waals surface area contributed by atoms with Crippen LogP contribution in [0.15, 0.2) is 24.3 Å². The number of hydrogen-bond donors (Lipinski definition) is 1. The van der Waals surface area contributed by atoms with Crippen LogP contribution < -0.4 is 0 Å². The van der Waals surface area contributed by atoms with Gasteiger partial charge in [0, 0.05) is 17.5 Å². The first-order valence-corrected chi connectivity index (χ1v) is 5.97. The van der Waals surface area contributed by atoms with Gasteiger partial charge in [0.15, 0.2) is 0 Å². The number of aliphatic carboxylic acids is 1. The molecule has 0 spiro atoms. The van der Waals surface area contributed by atoms with E-state index in [0.29, 0.717) is 11.3 Å². The molecule has 2 rings (SSSR count). The van der Waals surface area contributed by atoms with Crippen LogP contribution in [0.5, 0.6) is 0 Å². The minimum Gasteiger partial charge on any atom is -0.481 e. The lowest BCUT2D eigenvalue weighted by atomic mass is 10.0. The van der Waals surface area contributed by atoms with Crippen LogP contribution in [0.1, 0.15) is 23.2 Å². The van der Waals surface area contributed by atoms with Crippen molar-refractivity contribution < 1.29 is 23.1 Å². The van der Waals surface area contributed by atoms with Crippen LogP contribution in [-0.4, -0.2) is 16.1 Å². The summed E-state index contributed by atoms with van der Waals surface area (Å²) in [6, 6.07) is 5.34. The molecule has 0 saturated heterocycles. The standard InChI is InChI=1S/C14H12F3NO2/c1-8-7-9(5-6-12(19)20)18-11-4-2-3-10(13(8)11)14(15,16)17/h2-4,7H,5-6H2,1H3,(H,19,20). The number of carboxylic acids is 1. The number of aromatic nitrogens is 1. The van der Waals surface area contributed by atoms with Crippen LogP contribution in [0.4, 0.5) is 13.2 Å². The normalized spacial score (nSPS) is 11.8. The van der Waals surface area contributed by atoms with Gasteiger partial charge in [0.05, 0.1) is 17.5 Å². The lowest BCUT2D eigenvalue weighted by Gasteiger charge is -2.13. The third-order valence-electron chi connectivity index (χ3n) is 2.98. The molecule has 20 heavy (non-hydrogen) atoms. The topological polar surface area (TPSA) is 50.2 Å². The van der Waals surface area contributed by atoms with Gasteiger partial charge in [0.1, 0.15) is 0 Å². The van der Waals surface area contributed by atoms with Crippen molar-refractivity contribution in [3.63, 3.8) is 0 Å². The molecule has 0 amide bonds. The molecule has 1 aromatic heterocycles. The number of hydrogen-bond acceptors (Lipinski definition) is 2. The molecule has 1 aromatic carbocycles. The van der Waals surface area contributed by atoms with Crippen molar-refractivity contribution in [3.05, 3.63) is 41.1 Å². The lowest BCUT2D eigenvalue weighted by molar-refractivity contribution is -0.137. The zero-order chi connectivity index (χ0) is 14.9. The number of carboxylic acid groups (broad SMARTS) is 1. The number of nitrogens with zero attached hydrogens (tertiary/aromatic N) is 1. The highest BCUT2D eigenvalue weighted by atomic mass is 19.4. The molecule has 0 fully saturated rings. The van der Waals surface area contributed by atoms with Crippen LogP contribution in [0.25, 0.3) is 10.9 Å². The molecule has 1 N–H and O–H groups in total. The molecule has 3 nitrogen and oxygen atoms in total. The van der Waals surface area contributed by atoms with Crippen molar-refractivity contribution >= 4 is 16.9 Å². The fourth-order valence-corrected chi connectivity index (χ4v) is 2.16. The summed E-state index contributed by atoms with van der Waals surface area (Å²) in [5.74, 6) is -0.964. The van der Waals surface area contributed by atoms with Crippen LogP contribution >= 0.6 is 0 Å². The molecule has 106 valence electrons. The predicted molar refractivity (Wildman–Crippen MR) is 67.4 cm³/mol. The van der Waals surface area contributed by atoms with Gasteiger partial charge in [-0.05, 0) is 30.7 Å². The number of pyridine rings is 1. The number of rotatable bonds is 3. The van der Waals surface area contributed by atoms with E-state index in [0.717, 1.165) is 6.07 Å². The molecule has 1 heterocycles. The highest BCUT2D eigenvalue weighted by molar-refractivity contribution is 5.86. The highest BCUT2D eigenvalue weighted by Gasteiger charge is 2.33. The largest absolute Gasteiger partial charge is 0.481 e. The van der Waals surface area contributed by atoms with Crippen molar-refractivity contribution in [3.8, 4) is 0 Å². The van der Waals surface area contributed by atoms with Gasteiger partial charge >= 0.3 is 12.1 Å². The molecule has 0 aliphatic rings. The van der Waals surface area contributed by atoms with Gasteiger partial charge in [-0.1, -0.05) is 6.07 Å². The fourth-order valence-electron chi connectivity index (χ4n) is 2.16. The van der Waals surface area contributed by atoms with E-state index < -0.39 is 17.7 Å². The van der Waals surface area contributed by atoms with E-state index >= 15 is 0 Å². The van der Waals surface area contributed by atoms with E-state index in [4.69, 9.17) is 5.11 Å². The first-order valence-electron chi connectivity index (χ1n) is 5.97. The first kappa shape index (κ1) is 14.3. The number of carbonyl (C=O) groups is 1. The monoisotopic (exact) mass is 283 g/mol. The van der Waals surface area contributed by atoms with Crippen molar-refractivity contribution in [2.45, 2.75) is 25.9 Å². The summed E-state index contributed by atoms with van der Waals surface area (Å²) in [5.41, 5.74) is 0.449. The molecule has 0 unspecified atom stereocenters. The van der Waals surface area contributed by atoms with E-state index in [1.165, 1.54) is 18.2 Å². The maximum absolute atomic E-state index is 12.9. The van der Waals surface area contributed by atoms with Crippen molar-refractivity contribution in [1.82, 2.24) is 4.98 Å². The molecule has 0 saturated carbocycles. The van der Waals surface area contributed by atoms with Crippen molar-refractivity contribution in [2.75, 3.05) is 0 Å². The van der Waals surface area contributed by atoms with Gasteiger partial charge in [-0.15, -0.1) is 0 Å². The van der Waals surface area contributed by atoms with Crippen molar-refractivity contribution in [2.24, 2.45) is 0 Å². The molecule has 0 bridgehead atoms. The van der Waals surface area contributed by atoms with Gasteiger partial charge in [0.2, 0.25) is 0 Å². The second kappa shape index (κ2) is 5.11. The molecular weight excluding hydrogens is 271 g/mol. The van der Waals surface area contributed by atoms with E-state index in [1.54, 1.807) is 6.92 Å². The van der Waals surface area contributed by atoms with E-state index in [-0.39, 0.29) is 23.7 Å². The van der Waals surface area contributed by atoms with E-state index in [2.05, 4.69) is 4.98 Å². The number of aryl methyl sites for hydroxylation is 2. The summed E-state index contributed by atoms with van der Waals surface area (Å²) in [5, 5.41) is 8.70. The summed E-state index contributed by atoms with van der Waals surface area (Å²) < 4.78 is 38.8. The zero-order valence-electron chi connectivity index (χ0n) is 10.7. The smallest absolute Gasteiger partial charge is 0.417 e. The Bertz CT molecular complexity index is 665. The highest BCUT2D eigenvalue weighted by Crippen LogP contribution is 2.35. The Kier molecular flexibility index (Phi) is 3.65. The molecule has 6 heteroatoms. The minimum absolute atomic E-state index is 0.0686. The molecule has 0 aliphatic carbocycles. The second-order valence-electron chi connectivity index (χ2n) is 4.52. The third-order valence-corrected chi connectivity index (χ3v) is 2.98. The predicted octanol–water partition coefficient (Wildman–Crippen LogP) is 3.58. The van der Waals surface area contributed by atoms with Crippen molar-refractivity contribution in [1.29, 1.82) is 0 Å². The molecular formula is C14H12F3NO2. The Morgan fingerprint density at radius 2 is 2.05 bits per heavy atom. The van der Waals surface area contributed by atoms with E-state index in [1.807, 2.05) is 0 Å². The third kappa shape index (κ3) is 2.89. The van der Waals surface area contributed by atoms with Gasteiger partial charge in [0.25, 0.3) is 0 Å². The summed E-state index contributed by atoms with van der Waals surface area (Å²) in [6.07, 6.45) is -4.34. The SMILES string of the molecule is Cc1cc(CCC(=O)O)nc2cccc(C(F)(F)F)c12. The molecule has 0 aliphatic heterocycles. The van der Waals surface area contributed by atoms with Crippen LogP contribution in [-0.2, 0) is 17.4 Å².